The minimum atomic E-state index is -0.717. The normalized spacial score (nSPS) is 10.2. The average Bonchev–Trinajstić information content (AvgIpc) is 2.34. The molecular weight excluding hydrogens is 265 g/mol. The fourth-order valence-electron chi connectivity index (χ4n) is 2.06. The third-order valence-corrected chi connectivity index (χ3v) is 3.22. The maximum atomic E-state index is 10.3. The zero-order valence-corrected chi connectivity index (χ0v) is 16.2. The molecule has 0 spiro atoms. The van der Waals surface area contributed by atoms with E-state index in [0.717, 1.165) is 6.54 Å². The van der Waals surface area contributed by atoms with Gasteiger partial charge >= 0.3 is 5.97 Å². The molecule has 0 aromatic carbocycles. The van der Waals surface area contributed by atoms with Crippen LogP contribution in [0.25, 0.3) is 0 Å². The number of carboxylic acids is 1. The summed E-state index contributed by atoms with van der Waals surface area (Å²) in [4.78, 5) is 10.3. The number of aliphatic carboxylic acids is 1. The van der Waals surface area contributed by atoms with Gasteiger partial charge in [0, 0.05) is 57.9 Å². The third-order valence-electron chi connectivity index (χ3n) is 3.22. The summed E-state index contributed by atoms with van der Waals surface area (Å²) in [6.45, 7) is 3.82. The number of carboxylic acid groups (broad SMARTS) is 1. The van der Waals surface area contributed by atoms with Crippen LogP contribution in [0.1, 0.15) is 77.6 Å². The summed E-state index contributed by atoms with van der Waals surface area (Å²) < 4.78 is 0. The van der Waals surface area contributed by atoms with Gasteiger partial charge in [0.25, 0.3) is 0 Å². The van der Waals surface area contributed by atoms with Gasteiger partial charge in [-0.05, 0) is 13.0 Å². The van der Waals surface area contributed by atoms with Crippen molar-refractivity contribution in [2.75, 3.05) is 13.1 Å². The molecule has 0 heterocycles. The first kappa shape index (κ1) is 22.3. The molecule has 19 heavy (non-hydrogen) atoms. The Hall–Kier alpha value is 1.07. The Morgan fingerprint density at radius 1 is 0.842 bits per heavy atom. The molecule has 0 saturated carbocycles. The van der Waals surface area contributed by atoms with Crippen LogP contribution in [-0.4, -0.2) is 75.5 Å². The first-order valence-electron chi connectivity index (χ1n) is 7.70. The molecule has 0 rings (SSSR count). The van der Waals surface area contributed by atoms with E-state index in [2.05, 4.69) is 12.2 Å². The smallest absolute Gasteiger partial charge is 0.304 e. The predicted molar refractivity (Wildman–Crippen MR) is 82.7 cm³/mol. The van der Waals surface area contributed by atoms with Gasteiger partial charge < -0.3 is 10.4 Å². The summed E-state index contributed by atoms with van der Waals surface area (Å²) in [5.41, 5.74) is 0. The Morgan fingerprint density at radius 2 is 1.32 bits per heavy atom. The van der Waals surface area contributed by atoms with Crippen molar-refractivity contribution in [2.45, 2.75) is 77.6 Å². The summed E-state index contributed by atoms with van der Waals surface area (Å²) in [6.07, 6.45) is 13.7. The van der Waals surface area contributed by atoms with Crippen molar-refractivity contribution in [1.82, 2.24) is 5.32 Å². The van der Waals surface area contributed by atoms with Gasteiger partial charge in [0.05, 0.1) is 6.42 Å². The predicted octanol–water partition coefficient (Wildman–Crippen LogP) is 3.59. The second-order valence-corrected chi connectivity index (χ2v) is 5.08. The Bertz CT molecular complexity index is 189. The molecule has 0 atom stereocenters. The molecule has 1 radical (unpaired) electrons. The second kappa shape index (κ2) is 19.1. The molecule has 4 heteroatoms. The van der Waals surface area contributed by atoms with Gasteiger partial charge in [-0.1, -0.05) is 64.7 Å². The molecule has 0 saturated heterocycles. The molecule has 0 amide bonds. The average molecular weight is 297 g/mol. The van der Waals surface area contributed by atoms with Gasteiger partial charge in [0.2, 0.25) is 0 Å². The minimum Gasteiger partial charge on any atom is -0.481 e. The Morgan fingerprint density at radius 3 is 1.79 bits per heavy atom. The standard InChI is InChI=1S/C15H31NO2.K/c1-2-3-4-5-6-7-8-9-10-11-13-16-14-12-15(17)18;/h16H,2-14H2,1H3,(H,17,18);. The van der Waals surface area contributed by atoms with Gasteiger partial charge in [-0.25, -0.2) is 0 Å². The number of unbranched alkanes of at least 4 members (excludes halogenated alkanes) is 9. The van der Waals surface area contributed by atoms with E-state index in [0.29, 0.717) is 6.54 Å². The number of hydrogen-bond acceptors (Lipinski definition) is 2. The van der Waals surface area contributed by atoms with E-state index in [1.54, 1.807) is 0 Å². The van der Waals surface area contributed by atoms with Crippen LogP contribution in [0.2, 0.25) is 0 Å². The van der Waals surface area contributed by atoms with Crippen LogP contribution in [0.5, 0.6) is 0 Å². The molecular formula is C15H31KNO2. The van der Waals surface area contributed by atoms with Crippen LogP contribution in [0.15, 0.2) is 0 Å². The Balaban J connectivity index is 0. The topological polar surface area (TPSA) is 49.3 Å². The van der Waals surface area contributed by atoms with E-state index >= 15 is 0 Å². The van der Waals surface area contributed by atoms with Crippen LogP contribution < -0.4 is 5.32 Å². The minimum absolute atomic E-state index is 0. The summed E-state index contributed by atoms with van der Waals surface area (Å²) in [6, 6.07) is 0. The van der Waals surface area contributed by atoms with Crippen LogP contribution in [-0.2, 0) is 4.79 Å². The van der Waals surface area contributed by atoms with Crippen molar-refractivity contribution in [3.63, 3.8) is 0 Å². The number of nitrogens with one attached hydrogen (secondary N) is 1. The maximum Gasteiger partial charge on any atom is 0.304 e. The van der Waals surface area contributed by atoms with Crippen LogP contribution >= 0.6 is 0 Å². The zero-order valence-electron chi connectivity index (χ0n) is 13.0. The molecule has 0 fully saturated rings. The Labute approximate surface area is 161 Å². The molecule has 109 valence electrons. The van der Waals surface area contributed by atoms with E-state index in [4.69, 9.17) is 5.11 Å². The van der Waals surface area contributed by atoms with Gasteiger partial charge in [-0.2, -0.15) is 0 Å². The monoisotopic (exact) mass is 296 g/mol. The fraction of sp³-hybridized carbons (Fsp3) is 0.933. The quantitative estimate of drug-likeness (QED) is 0.380. The molecule has 0 aliphatic rings. The molecule has 0 aliphatic heterocycles. The molecule has 2 N–H and O–H groups in total. The van der Waals surface area contributed by atoms with Gasteiger partial charge in [0.15, 0.2) is 0 Å². The van der Waals surface area contributed by atoms with Gasteiger partial charge in [0.1, 0.15) is 0 Å². The number of hydrogen-bond donors (Lipinski definition) is 2. The summed E-state index contributed by atoms with van der Waals surface area (Å²) in [7, 11) is 0. The van der Waals surface area contributed by atoms with Crippen molar-refractivity contribution in [2.24, 2.45) is 0 Å². The van der Waals surface area contributed by atoms with Crippen molar-refractivity contribution < 1.29 is 9.90 Å². The van der Waals surface area contributed by atoms with E-state index in [-0.39, 0.29) is 57.8 Å². The zero-order chi connectivity index (χ0) is 13.5. The van der Waals surface area contributed by atoms with Crippen molar-refractivity contribution >= 4 is 57.4 Å². The first-order chi connectivity index (χ1) is 8.77. The third kappa shape index (κ3) is 21.5. The van der Waals surface area contributed by atoms with E-state index in [1.807, 2.05) is 0 Å². The van der Waals surface area contributed by atoms with E-state index in [9.17, 15) is 4.79 Å². The summed E-state index contributed by atoms with van der Waals surface area (Å²) in [5, 5.41) is 11.6. The van der Waals surface area contributed by atoms with Crippen molar-refractivity contribution in [3.8, 4) is 0 Å². The SMILES string of the molecule is CCCCCCCCCCCCNCCC(=O)O.[K]. The molecule has 0 aromatic rings. The number of rotatable bonds is 14. The summed E-state index contributed by atoms with van der Waals surface area (Å²) >= 11 is 0. The van der Waals surface area contributed by atoms with Crippen LogP contribution in [0.3, 0.4) is 0 Å². The largest absolute Gasteiger partial charge is 0.481 e. The van der Waals surface area contributed by atoms with E-state index < -0.39 is 5.97 Å². The molecule has 0 aromatic heterocycles. The second-order valence-electron chi connectivity index (χ2n) is 5.08. The van der Waals surface area contributed by atoms with Crippen LogP contribution in [0, 0.1) is 0 Å². The molecule has 0 aliphatic carbocycles. The van der Waals surface area contributed by atoms with E-state index in [1.165, 1.54) is 64.2 Å². The van der Waals surface area contributed by atoms with Crippen molar-refractivity contribution in [1.29, 1.82) is 0 Å². The Kier molecular flexibility index (Phi) is 22.4. The van der Waals surface area contributed by atoms with Crippen molar-refractivity contribution in [3.05, 3.63) is 0 Å². The summed E-state index contributed by atoms with van der Waals surface area (Å²) in [5.74, 6) is -0.717. The van der Waals surface area contributed by atoms with Crippen LogP contribution in [0.4, 0.5) is 0 Å². The maximum absolute atomic E-state index is 10.3. The number of carbonyl (C=O) groups is 1. The molecule has 3 nitrogen and oxygen atoms in total. The van der Waals surface area contributed by atoms with Gasteiger partial charge in [-0.3, -0.25) is 4.79 Å². The fourth-order valence-corrected chi connectivity index (χ4v) is 2.06. The molecule has 0 unspecified atom stereocenters. The first-order valence-corrected chi connectivity index (χ1v) is 7.70. The molecule has 0 bridgehead atoms. The van der Waals surface area contributed by atoms with Gasteiger partial charge in [-0.15, -0.1) is 0 Å².